The van der Waals surface area contributed by atoms with E-state index in [2.05, 4.69) is 15.5 Å². The average Bonchev–Trinajstić information content (AvgIpc) is 3.26. The van der Waals surface area contributed by atoms with Gasteiger partial charge in [0.15, 0.2) is 0 Å². The average molecular weight is 458 g/mol. The minimum absolute atomic E-state index is 0.0187. The molecule has 0 aliphatic rings. The number of halogens is 1. The van der Waals surface area contributed by atoms with E-state index < -0.39 is 5.97 Å². The highest BCUT2D eigenvalue weighted by molar-refractivity contribution is 5.66. The van der Waals surface area contributed by atoms with Crippen LogP contribution in [0.15, 0.2) is 40.9 Å². The third kappa shape index (κ3) is 6.84. The number of carboxylic acids is 1. The van der Waals surface area contributed by atoms with Gasteiger partial charge in [-0.3, -0.25) is 4.79 Å². The van der Waals surface area contributed by atoms with Crippen molar-refractivity contribution in [1.82, 2.24) is 15.5 Å². The number of aromatic nitrogens is 2. The first-order valence-electron chi connectivity index (χ1n) is 10.7. The van der Waals surface area contributed by atoms with Gasteiger partial charge < -0.3 is 24.4 Å². The number of benzene rings is 2. The summed E-state index contributed by atoms with van der Waals surface area (Å²) in [7, 11) is 1.62. The molecule has 0 atom stereocenters. The zero-order valence-corrected chi connectivity index (χ0v) is 18.9. The molecule has 9 heteroatoms. The van der Waals surface area contributed by atoms with Crippen molar-refractivity contribution in [3.8, 4) is 28.6 Å². The van der Waals surface area contributed by atoms with E-state index in [4.69, 9.17) is 19.1 Å². The smallest absolute Gasteiger partial charge is 0.304 e. The number of ether oxygens (including phenoxy) is 2. The number of rotatable bonds is 12. The van der Waals surface area contributed by atoms with Gasteiger partial charge in [-0.25, -0.2) is 4.39 Å². The van der Waals surface area contributed by atoms with Crippen LogP contribution in [0.3, 0.4) is 0 Å². The molecule has 0 amide bonds. The summed E-state index contributed by atoms with van der Waals surface area (Å²) in [5.74, 6) is 0.198. The molecule has 0 fully saturated rings. The highest BCUT2D eigenvalue weighted by Crippen LogP contribution is 2.29. The van der Waals surface area contributed by atoms with Crippen LogP contribution in [0.5, 0.6) is 5.75 Å². The Morgan fingerprint density at radius 1 is 1.15 bits per heavy atom. The molecule has 0 spiro atoms. The first-order chi connectivity index (χ1) is 15.9. The first-order valence-corrected chi connectivity index (χ1v) is 10.7. The van der Waals surface area contributed by atoms with Crippen LogP contribution in [0.25, 0.3) is 22.8 Å². The Kier molecular flexibility index (Phi) is 8.51. The Balaban J connectivity index is 1.76. The standard InChI is InChI=1S/C24H28FN3O5/c1-15(2)32-21-7-5-18(13-19(21)14-31-3)24-27-23(28-33-24)17-4-6-20(25)16(12-17)8-10-26-11-9-22(29)30/h4-7,12-13,15,26H,8-11,14H2,1-3H3,(H,29,30). The van der Waals surface area contributed by atoms with Crippen molar-refractivity contribution in [3.05, 3.63) is 53.3 Å². The molecule has 1 aromatic heterocycles. The van der Waals surface area contributed by atoms with E-state index in [0.29, 0.717) is 49.0 Å². The zero-order valence-electron chi connectivity index (χ0n) is 18.9. The fourth-order valence-electron chi connectivity index (χ4n) is 3.26. The number of nitrogens with zero attached hydrogens (tertiary/aromatic N) is 2. The van der Waals surface area contributed by atoms with E-state index in [1.165, 1.54) is 6.07 Å². The molecule has 0 aliphatic carbocycles. The molecule has 0 unspecified atom stereocenters. The number of aliphatic carboxylic acids is 1. The molecule has 0 radical (unpaired) electrons. The van der Waals surface area contributed by atoms with Gasteiger partial charge in [0.05, 0.1) is 19.1 Å². The maximum Gasteiger partial charge on any atom is 0.304 e. The summed E-state index contributed by atoms with van der Waals surface area (Å²) in [6.07, 6.45) is 0.452. The van der Waals surface area contributed by atoms with Gasteiger partial charge >= 0.3 is 5.97 Å². The van der Waals surface area contributed by atoms with Crippen LogP contribution < -0.4 is 10.1 Å². The quantitative estimate of drug-likeness (QED) is 0.392. The molecular weight excluding hydrogens is 429 g/mol. The van der Waals surface area contributed by atoms with Crippen molar-refractivity contribution in [2.45, 2.75) is 39.4 Å². The maximum absolute atomic E-state index is 14.2. The molecule has 3 rings (SSSR count). The molecule has 0 aliphatic heterocycles. The molecule has 0 saturated carbocycles. The highest BCUT2D eigenvalue weighted by Gasteiger charge is 2.15. The number of nitrogens with one attached hydrogen (secondary N) is 1. The Morgan fingerprint density at radius 2 is 1.91 bits per heavy atom. The lowest BCUT2D eigenvalue weighted by Gasteiger charge is -2.14. The van der Waals surface area contributed by atoms with Crippen LogP contribution in [0.4, 0.5) is 4.39 Å². The Morgan fingerprint density at radius 3 is 2.64 bits per heavy atom. The lowest BCUT2D eigenvalue weighted by Crippen LogP contribution is -2.21. The van der Waals surface area contributed by atoms with Gasteiger partial charge in [-0.05, 0) is 68.8 Å². The lowest BCUT2D eigenvalue weighted by molar-refractivity contribution is -0.136. The van der Waals surface area contributed by atoms with Gasteiger partial charge in [-0.15, -0.1) is 0 Å². The second-order valence-electron chi connectivity index (χ2n) is 7.80. The molecule has 176 valence electrons. The fraction of sp³-hybridized carbons (Fsp3) is 0.375. The van der Waals surface area contributed by atoms with E-state index in [0.717, 1.165) is 16.9 Å². The predicted octanol–water partition coefficient (Wildman–Crippen LogP) is 4.08. The van der Waals surface area contributed by atoms with Crippen molar-refractivity contribution >= 4 is 5.97 Å². The summed E-state index contributed by atoms with van der Waals surface area (Å²) in [4.78, 5) is 15.0. The second kappa shape index (κ2) is 11.5. The zero-order chi connectivity index (χ0) is 23.8. The van der Waals surface area contributed by atoms with Crippen molar-refractivity contribution in [1.29, 1.82) is 0 Å². The van der Waals surface area contributed by atoms with E-state index >= 15 is 0 Å². The van der Waals surface area contributed by atoms with Crippen molar-refractivity contribution in [2.75, 3.05) is 20.2 Å². The van der Waals surface area contributed by atoms with Gasteiger partial charge in [0.25, 0.3) is 5.89 Å². The molecule has 3 aromatic rings. The van der Waals surface area contributed by atoms with E-state index in [1.807, 2.05) is 32.0 Å². The Labute approximate surface area is 191 Å². The molecule has 1 heterocycles. The van der Waals surface area contributed by atoms with Crippen LogP contribution in [0.1, 0.15) is 31.4 Å². The number of carbonyl (C=O) groups is 1. The number of hydrogen-bond acceptors (Lipinski definition) is 7. The van der Waals surface area contributed by atoms with Crippen LogP contribution in [0.2, 0.25) is 0 Å². The number of carboxylic acid groups (broad SMARTS) is 1. The number of methoxy groups -OCH3 is 1. The molecule has 33 heavy (non-hydrogen) atoms. The maximum atomic E-state index is 14.2. The number of hydrogen-bond donors (Lipinski definition) is 2. The molecule has 2 aromatic carbocycles. The normalized spacial score (nSPS) is 11.2. The van der Waals surface area contributed by atoms with Gasteiger partial charge in [0.2, 0.25) is 5.82 Å². The van der Waals surface area contributed by atoms with Crippen molar-refractivity contribution < 1.29 is 28.3 Å². The van der Waals surface area contributed by atoms with Gasteiger partial charge in [0.1, 0.15) is 11.6 Å². The third-order valence-electron chi connectivity index (χ3n) is 4.79. The summed E-state index contributed by atoms with van der Waals surface area (Å²) in [6, 6.07) is 10.2. The van der Waals surface area contributed by atoms with E-state index in [1.54, 1.807) is 19.2 Å². The van der Waals surface area contributed by atoms with Crippen LogP contribution >= 0.6 is 0 Å². The molecule has 0 bridgehead atoms. The first kappa shape index (κ1) is 24.3. The Hall–Kier alpha value is -3.30. The molecule has 0 saturated heterocycles. The molecule has 2 N–H and O–H groups in total. The summed E-state index contributed by atoms with van der Waals surface area (Å²) >= 11 is 0. The minimum atomic E-state index is -0.875. The monoisotopic (exact) mass is 457 g/mol. The molecular formula is C24H28FN3O5. The summed E-state index contributed by atoms with van der Waals surface area (Å²) in [5, 5.41) is 15.7. The largest absolute Gasteiger partial charge is 0.491 e. The molecule has 8 nitrogen and oxygen atoms in total. The highest BCUT2D eigenvalue weighted by atomic mass is 19.1. The van der Waals surface area contributed by atoms with Crippen LogP contribution in [-0.2, 0) is 22.6 Å². The van der Waals surface area contributed by atoms with Crippen LogP contribution in [0, 0.1) is 5.82 Å². The summed E-state index contributed by atoms with van der Waals surface area (Å²) < 4.78 is 30.8. The van der Waals surface area contributed by atoms with Crippen molar-refractivity contribution in [3.63, 3.8) is 0 Å². The van der Waals surface area contributed by atoms with Crippen LogP contribution in [-0.4, -0.2) is 47.5 Å². The predicted molar refractivity (Wildman–Crippen MR) is 120 cm³/mol. The lowest BCUT2D eigenvalue weighted by atomic mass is 10.1. The second-order valence-corrected chi connectivity index (χ2v) is 7.80. The Bertz CT molecular complexity index is 1080. The van der Waals surface area contributed by atoms with Gasteiger partial charge in [0, 0.05) is 30.3 Å². The van der Waals surface area contributed by atoms with Gasteiger partial charge in [-0.1, -0.05) is 5.16 Å². The fourth-order valence-corrected chi connectivity index (χ4v) is 3.26. The van der Waals surface area contributed by atoms with E-state index in [-0.39, 0.29) is 18.3 Å². The van der Waals surface area contributed by atoms with Gasteiger partial charge in [-0.2, -0.15) is 4.98 Å². The topological polar surface area (TPSA) is 107 Å². The third-order valence-corrected chi connectivity index (χ3v) is 4.79. The minimum Gasteiger partial charge on any atom is -0.491 e. The van der Waals surface area contributed by atoms with Crippen molar-refractivity contribution in [2.24, 2.45) is 0 Å². The summed E-state index contributed by atoms with van der Waals surface area (Å²) in [5.41, 5.74) is 2.70. The van der Waals surface area contributed by atoms with E-state index in [9.17, 15) is 9.18 Å². The summed E-state index contributed by atoms with van der Waals surface area (Å²) in [6.45, 7) is 5.07. The SMILES string of the molecule is COCc1cc(-c2nc(-c3ccc(F)c(CCNCCC(=O)O)c3)no2)ccc1OC(C)C.